The van der Waals surface area contributed by atoms with Crippen LogP contribution in [0.1, 0.15) is 19.0 Å². The zero-order chi connectivity index (χ0) is 14.0. The molecule has 102 valence electrons. The van der Waals surface area contributed by atoms with Crippen LogP contribution in [0.4, 0.5) is 17.2 Å². The van der Waals surface area contributed by atoms with E-state index in [-0.39, 0.29) is 0 Å². The highest BCUT2D eigenvalue weighted by atomic mass is 35.5. The van der Waals surface area contributed by atoms with E-state index in [2.05, 4.69) is 17.3 Å². The Bertz CT molecular complexity index is 593. The molecule has 0 radical (unpaired) electrons. The van der Waals surface area contributed by atoms with Crippen molar-refractivity contribution in [1.29, 1.82) is 0 Å². The summed E-state index contributed by atoms with van der Waals surface area (Å²) in [6.45, 7) is 2.10. The van der Waals surface area contributed by atoms with Gasteiger partial charge in [-0.25, -0.2) is 0 Å². The SMILES string of the molecule is CCCc1nn(C)c(Nc2ccc(Cl)c(Cl)c2)c1N. The Morgan fingerprint density at radius 3 is 2.68 bits per heavy atom. The third-order valence-corrected chi connectivity index (χ3v) is 3.57. The summed E-state index contributed by atoms with van der Waals surface area (Å²) in [6.07, 6.45) is 1.87. The maximum atomic E-state index is 6.10. The Hall–Kier alpha value is -1.39. The van der Waals surface area contributed by atoms with Crippen molar-refractivity contribution in [2.24, 2.45) is 7.05 Å². The summed E-state index contributed by atoms with van der Waals surface area (Å²) in [4.78, 5) is 0. The van der Waals surface area contributed by atoms with Crippen LogP contribution < -0.4 is 11.1 Å². The number of hydrogen-bond acceptors (Lipinski definition) is 3. The topological polar surface area (TPSA) is 55.9 Å². The lowest BCUT2D eigenvalue weighted by atomic mass is 10.2. The zero-order valence-electron chi connectivity index (χ0n) is 10.9. The normalized spacial score (nSPS) is 10.7. The van der Waals surface area contributed by atoms with E-state index >= 15 is 0 Å². The smallest absolute Gasteiger partial charge is 0.152 e. The molecule has 4 nitrogen and oxygen atoms in total. The highest BCUT2D eigenvalue weighted by molar-refractivity contribution is 6.42. The summed E-state index contributed by atoms with van der Waals surface area (Å²) in [6, 6.07) is 5.35. The molecule has 1 heterocycles. The predicted molar refractivity (Wildman–Crippen MR) is 81.4 cm³/mol. The fourth-order valence-electron chi connectivity index (χ4n) is 1.88. The summed E-state index contributed by atoms with van der Waals surface area (Å²) >= 11 is 11.9. The molecular weight excluding hydrogens is 283 g/mol. The molecule has 19 heavy (non-hydrogen) atoms. The van der Waals surface area contributed by atoms with Gasteiger partial charge >= 0.3 is 0 Å². The van der Waals surface area contributed by atoms with Gasteiger partial charge in [0.05, 0.1) is 21.4 Å². The second-order valence-electron chi connectivity index (χ2n) is 4.34. The van der Waals surface area contributed by atoms with Crippen LogP contribution in [-0.4, -0.2) is 9.78 Å². The number of nitrogens with two attached hydrogens (primary N) is 1. The van der Waals surface area contributed by atoms with E-state index in [9.17, 15) is 0 Å². The Morgan fingerprint density at radius 1 is 1.32 bits per heavy atom. The summed E-state index contributed by atoms with van der Waals surface area (Å²) < 4.78 is 1.74. The third kappa shape index (κ3) is 2.96. The monoisotopic (exact) mass is 298 g/mol. The van der Waals surface area contributed by atoms with Gasteiger partial charge in [-0.3, -0.25) is 4.68 Å². The Labute approximate surface area is 122 Å². The molecule has 0 unspecified atom stereocenters. The standard InChI is InChI=1S/C13H16Cl2N4/c1-3-4-11-12(16)13(19(2)18-11)17-8-5-6-9(14)10(15)7-8/h5-7,17H,3-4,16H2,1-2H3. The fourth-order valence-corrected chi connectivity index (χ4v) is 2.17. The maximum absolute atomic E-state index is 6.10. The van der Waals surface area contributed by atoms with E-state index in [1.165, 1.54) is 0 Å². The fraction of sp³-hybridized carbons (Fsp3) is 0.308. The minimum Gasteiger partial charge on any atom is -0.394 e. The van der Waals surface area contributed by atoms with Crippen molar-refractivity contribution in [2.45, 2.75) is 19.8 Å². The van der Waals surface area contributed by atoms with Gasteiger partial charge in [-0.05, 0) is 24.6 Å². The quantitative estimate of drug-likeness (QED) is 0.897. The van der Waals surface area contributed by atoms with Crippen LogP contribution in [0.25, 0.3) is 0 Å². The van der Waals surface area contributed by atoms with Gasteiger partial charge in [0.25, 0.3) is 0 Å². The lowest BCUT2D eigenvalue weighted by Gasteiger charge is -2.08. The van der Waals surface area contributed by atoms with Crippen molar-refractivity contribution in [3.8, 4) is 0 Å². The minimum absolute atomic E-state index is 0.501. The van der Waals surface area contributed by atoms with E-state index in [0.717, 1.165) is 30.0 Å². The molecule has 3 N–H and O–H groups in total. The zero-order valence-corrected chi connectivity index (χ0v) is 12.4. The van der Waals surface area contributed by atoms with Crippen molar-refractivity contribution >= 4 is 40.4 Å². The van der Waals surface area contributed by atoms with Crippen LogP contribution in [0.3, 0.4) is 0 Å². The molecule has 2 aromatic rings. The molecule has 0 aliphatic heterocycles. The number of halogens is 2. The van der Waals surface area contributed by atoms with Crippen LogP contribution in [0.15, 0.2) is 18.2 Å². The Balaban J connectivity index is 2.30. The predicted octanol–water partition coefficient (Wildman–Crippen LogP) is 4.01. The average molecular weight is 299 g/mol. The molecule has 0 aliphatic rings. The molecule has 0 bridgehead atoms. The largest absolute Gasteiger partial charge is 0.394 e. The lowest BCUT2D eigenvalue weighted by molar-refractivity contribution is 0.740. The van der Waals surface area contributed by atoms with Gasteiger partial charge in [-0.1, -0.05) is 36.5 Å². The van der Waals surface area contributed by atoms with E-state index in [1.54, 1.807) is 16.8 Å². The number of nitrogens with one attached hydrogen (secondary N) is 1. The van der Waals surface area contributed by atoms with Crippen LogP contribution in [-0.2, 0) is 13.5 Å². The van der Waals surface area contributed by atoms with E-state index in [0.29, 0.717) is 15.7 Å². The highest BCUT2D eigenvalue weighted by Crippen LogP contribution is 2.30. The summed E-state index contributed by atoms with van der Waals surface area (Å²) in [5, 5.41) is 8.65. The molecule has 0 fully saturated rings. The van der Waals surface area contributed by atoms with Gasteiger partial charge < -0.3 is 11.1 Å². The highest BCUT2D eigenvalue weighted by Gasteiger charge is 2.13. The molecule has 1 aromatic heterocycles. The van der Waals surface area contributed by atoms with Crippen molar-refractivity contribution in [3.05, 3.63) is 33.9 Å². The molecule has 0 saturated heterocycles. The van der Waals surface area contributed by atoms with Crippen LogP contribution in [0, 0.1) is 0 Å². The first-order valence-electron chi connectivity index (χ1n) is 6.06. The number of rotatable bonds is 4. The molecular formula is C13H16Cl2N4. The van der Waals surface area contributed by atoms with Gasteiger partial charge in [-0.2, -0.15) is 5.10 Å². The molecule has 0 spiro atoms. The minimum atomic E-state index is 0.501. The van der Waals surface area contributed by atoms with Gasteiger partial charge in [0.1, 0.15) is 0 Å². The second kappa shape index (κ2) is 5.72. The van der Waals surface area contributed by atoms with Crippen molar-refractivity contribution in [2.75, 3.05) is 11.1 Å². The lowest BCUT2D eigenvalue weighted by Crippen LogP contribution is -2.01. The van der Waals surface area contributed by atoms with Gasteiger partial charge in [-0.15, -0.1) is 0 Å². The van der Waals surface area contributed by atoms with E-state index in [1.807, 2.05) is 13.1 Å². The third-order valence-electron chi connectivity index (χ3n) is 2.83. The molecule has 6 heteroatoms. The number of nitrogen functional groups attached to an aromatic ring is 1. The molecule has 0 amide bonds. The molecule has 0 aliphatic carbocycles. The summed E-state index contributed by atoms with van der Waals surface area (Å²) in [5.41, 5.74) is 8.51. The maximum Gasteiger partial charge on any atom is 0.152 e. The Morgan fingerprint density at radius 2 is 2.05 bits per heavy atom. The van der Waals surface area contributed by atoms with Crippen molar-refractivity contribution < 1.29 is 0 Å². The van der Waals surface area contributed by atoms with Crippen molar-refractivity contribution in [3.63, 3.8) is 0 Å². The second-order valence-corrected chi connectivity index (χ2v) is 5.15. The van der Waals surface area contributed by atoms with Gasteiger partial charge in [0.15, 0.2) is 5.82 Å². The first-order chi connectivity index (χ1) is 9.02. The molecule has 0 saturated carbocycles. The molecule has 2 rings (SSSR count). The Kier molecular flexibility index (Phi) is 4.22. The number of anilines is 3. The van der Waals surface area contributed by atoms with E-state index in [4.69, 9.17) is 28.9 Å². The van der Waals surface area contributed by atoms with Crippen LogP contribution >= 0.6 is 23.2 Å². The number of hydrogen-bond donors (Lipinski definition) is 2. The number of aromatic nitrogens is 2. The molecule has 1 aromatic carbocycles. The molecule has 0 atom stereocenters. The van der Waals surface area contributed by atoms with Gasteiger partial charge in [0.2, 0.25) is 0 Å². The first kappa shape index (κ1) is 14.0. The van der Waals surface area contributed by atoms with Crippen LogP contribution in [0.2, 0.25) is 10.0 Å². The van der Waals surface area contributed by atoms with Gasteiger partial charge in [0, 0.05) is 12.7 Å². The van der Waals surface area contributed by atoms with E-state index < -0.39 is 0 Å². The summed E-state index contributed by atoms with van der Waals surface area (Å²) in [5.74, 6) is 0.766. The summed E-state index contributed by atoms with van der Waals surface area (Å²) in [7, 11) is 1.86. The van der Waals surface area contributed by atoms with Crippen molar-refractivity contribution in [1.82, 2.24) is 9.78 Å². The first-order valence-corrected chi connectivity index (χ1v) is 6.82. The van der Waals surface area contributed by atoms with Crippen LogP contribution in [0.5, 0.6) is 0 Å². The average Bonchev–Trinajstić information content (AvgIpc) is 2.62. The number of nitrogens with zero attached hydrogens (tertiary/aromatic N) is 2. The number of benzene rings is 1. The number of aryl methyl sites for hydroxylation is 2.